The number of fused-ring (bicyclic) bond motifs is 1. The van der Waals surface area contributed by atoms with Gasteiger partial charge in [-0.1, -0.05) is 6.92 Å². The van der Waals surface area contributed by atoms with Crippen LogP contribution >= 0.6 is 0 Å². The Labute approximate surface area is 98.2 Å². The summed E-state index contributed by atoms with van der Waals surface area (Å²) in [6.07, 6.45) is 1.02. The van der Waals surface area contributed by atoms with Crippen LogP contribution in [0.15, 0.2) is 12.1 Å². The van der Waals surface area contributed by atoms with Crippen LogP contribution in [0.25, 0.3) is 11.0 Å². The molecule has 0 fully saturated rings. The third-order valence-corrected chi connectivity index (χ3v) is 2.65. The van der Waals surface area contributed by atoms with E-state index in [1.165, 1.54) is 0 Å². The molecule has 1 heterocycles. The second-order valence-corrected chi connectivity index (χ2v) is 4.08. The minimum atomic E-state index is -0.871. The molecule has 1 aromatic carbocycles. The van der Waals surface area contributed by atoms with Crippen molar-refractivity contribution in [1.82, 2.24) is 15.3 Å². The van der Waals surface area contributed by atoms with Crippen molar-refractivity contribution < 1.29 is 8.78 Å². The third kappa shape index (κ3) is 2.44. The Morgan fingerprint density at radius 2 is 2.06 bits per heavy atom. The van der Waals surface area contributed by atoms with Gasteiger partial charge in [0.05, 0.1) is 17.1 Å². The number of hydrogen-bond acceptors (Lipinski definition) is 2. The lowest BCUT2D eigenvalue weighted by molar-refractivity contribution is 0.510. The summed E-state index contributed by atoms with van der Waals surface area (Å²) in [6.45, 7) is 4.91. The second-order valence-electron chi connectivity index (χ2n) is 4.08. The molecule has 0 spiro atoms. The fourth-order valence-electron chi connectivity index (χ4n) is 1.69. The average Bonchev–Trinajstić information content (AvgIpc) is 2.69. The van der Waals surface area contributed by atoms with E-state index in [1.54, 1.807) is 0 Å². The van der Waals surface area contributed by atoms with Crippen LogP contribution in [0.3, 0.4) is 0 Å². The molecule has 17 heavy (non-hydrogen) atoms. The van der Waals surface area contributed by atoms with Gasteiger partial charge in [0, 0.05) is 12.1 Å². The lowest BCUT2D eigenvalue weighted by atomic mass is 10.3. The minimum Gasteiger partial charge on any atom is -0.341 e. The summed E-state index contributed by atoms with van der Waals surface area (Å²) in [5, 5.41) is 3.26. The Morgan fingerprint density at radius 3 is 2.76 bits per heavy atom. The summed E-state index contributed by atoms with van der Waals surface area (Å²) in [7, 11) is 0. The maximum absolute atomic E-state index is 13.0. The largest absolute Gasteiger partial charge is 0.341 e. The molecule has 0 saturated heterocycles. The summed E-state index contributed by atoms with van der Waals surface area (Å²) in [5.74, 6) is -1.04. The summed E-state index contributed by atoms with van der Waals surface area (Å²) in [5.41, 5.74) is 0.966. The van der Waals surface area contributed by atoms with E-state index in [2.05, 4.69) is 22.2 Å². The Bertz CT molecular complexity index is 483. The predicted molar refractivity (Wildman–Crippen MR) is 62.7 cm³/mol. The predicted octanol–water partition coefficient (Wildman–Crippen LogP) is 2.90. The molecule has 0 radical (unpaired) electrons. The average molecular weight is 239 g/mol. The van der Waals surface area contributed by atoms with Gasteiger partial charge in [-0.25, -0.2) is 13.8 Å². The van der Waals surface area contributed by atoms with Gasteiger partial charge in [0.25, 0.3) is 0 Å². The quantitative estimate of drug-likeness (QED) is 0.861. The summed E-state index contributed by atoms with van der Waals surface area (Å²) < 4.78 is 26.0. The molecule has 92 valence electrons. The van der Waals surface area contributed by atoms with E-state index in [4.69, 9.17) is 0 Å². The van der Waals surface area contributed by atoms with E-state index < -0.39 is 11.6 Å². The lowest BCUT2D eigenvalue weighted by Gasteiger charge is -2.09. The van der Waals surface area contributed by atoms with Gasteiger partial charge >= 0.3 is 0 Å². The van der Waals surface area contributed by atoms with Crippen LogP contribution in [0.2, 0.25) is 0 Å². The monoisotopic (exact) mass is 239 g/mol. The number of benzene rings is 1. The van der Waals surface area contributed by atoms with Crippen LogP contribution in [0.4, 0.5) is 8.78 Å². The van der Waals surface area contributed by atoms with Crippen molar-refractivity contribution in [2.75, 3.05) is 6.54 Å². The fraction of sp³-hybridized carbons (Fsp3) is 0.417. The molecule has 2 aromatic rings. The van der Waals surface area contributed by atoms with Crippen molar-refractivity contribution >= 4 is 11.0 Å². The smallest absolute Gasteiger partial charge is 0.161 e. The van der Waals surface area contributed by atoms with Crippen LogP contribution in [-0.4, -0.2) is 16.5 Å². The molecule has 0 saturated carbocycles. The van der Waals surface area contributed by atoms with Gasteiger partial charge in [-0.3, -0.25) is 0 Å². The zero-order valence-electron chi connectivity index (χ0n) is 9.85. The Balaban J connectivity index is 2.31. The molecule has 2 N–H and O–H groups in total. The number of aromatic nitrogens is 2. The molecule has 0 amide bonds. The van der Waals surface area contributed by atoms with Crippen molar-refractivity contribution in [3.05, 3.63) is 29.6 Å². The molecule has 0 aliphatic carbocycles. The molecule has 0 aliphatic heterocycles. The standard InChI is InChI=1S/C12H15F2N3/c1-3-4-15-7(2)12-16-10-5-8(13)9(14)6-11(10)17-12/h5-7,15H,3-4H2,1-2H3,(H,16,17). The summed E-state index contributed by atoms with van der Waals surface area (Å²) in [4.78, 5) is 7.23. The van der Waals surface area contributed by atoms with Gasteiger partial charge in [-0.2, -0.15) is 0 Å². The zero-order chi connectivity index (χ0) is 12.4. The molecule has 0 aliphatic rings. The first-order chi connectivity index (χ1) is 8.11. The number of halogens is 2. The van der Waals surface area contributed by atoms with Crippen molar-refractivity contribution in [1.29, 1.82) is 0 Å². The number of aromatic amines is 1. The molecule has 2 rings (SSSR count). The van der Waals surface area contributed by atoms with E-state index in [1.807, 2.05) is 6.92 Å². The highest BCUT2D eigenvalue weighted by atomic mass is 19.2. The molecule has 3 nitrogen and oxygen atoms in total. The fourth-order valence-corrected chi connectivity index (χ4v) is 1.69. The van der Waals surface area contributed by atoms with Crippen LogP contribution in [0.5, 0.6) is 0 Å². The Morgan fingerprint density at radius 1 is 1.35 bits per heavy atom. The zero-order valence-corrected chi connectivity index (χ0v) is 9.85. The van der Waals surface area contributed by atoms with Gasteiger partial charge in [-0.05, 0) is 19.9 Å². The highest BCUT2D eigenvalue weighted by Gasteiger charge is 2.12. The molecule has 5 heteroatoms. The van der Waals surface area contributed by atoms with E-state index in [9.17, 15) is 8.78 Å². The minimum absolute atomic E-state index is 0.0356. The van der Waals surface area contributed by atoms with Gasteiger partial charge in [0.1, 0.15) is 5.82 Å². The summed E-state index contributed by atoms with van der Waals surface area (Å²) in [6, 6.07) is 2.28. The van der Waals surface area contributed by atoms with Crippen molar-refractivity contribution in [2.24, 2.45) is 0 Å². The number of nitrogens with zero attached hydrogens (tertiary/aromatic N) is 1. The first-order valence-electron chi connectivity index (χ1n) is 5.70. The first-order valence-corrected chi connectivity index (χ1v) is 5.70. The molecular weight excluding hydrogens is 224 g/mol. The molecule has 1 aromatic heterocycles. The number of H-pyrrole nitrogens is 1. The molecule has 1 unspecified atom stereocenters. The van der Waals surface area contributed by atoms with E-state index >= 15 is 0 Å². The van der Waals surface area contributed by atoms with Crippen LogP contribution < -0.4 is 5.32 Å². The Hall–Kier alpha value is -1.49. The topological polar surface area (TPSA) is 40.7 Å². The maximum Gasteiger partial charge on any atom is 0.161 e. The normalized spacial score (nSPS) is 13.2. The Kier molecular flexibility index (Phi) is 3.38. The third-order valence-electron chi connectivity index (χ3n) is 2.65. The molecule has 1 atom stereocenters. The van der Waals surface area contributed by atoms with Gasteiger partial charge in [0.2, 0.25) is 0 Å². The molecule has 0 bridgehead atoms. The highest BCUT2D eigenvalue weighted by molar-refractivity contribution is 5.75. The van der Waals surface area contributed by atoms with Crippen molar-refractivity contribution in [3.63, 3.8) is 0 Å². The van der Waals surface area contributed by atoms with Crippen LogP contribution in [-0.2, 0) is 0 Å². The van der Waals surface area contributed by atoms with Gasteiger partial charge in [0.15, 0.2) is 11.6 Å². The number of nitrogens with one attached hydrogen (secondary N) is 2. The van der Waals surface area contributed by atoms with Gasteiger partial charge < -0.3 is 10.3 Å². The number of hydrogen-bond donors (Lipinski definition) is 2. The second kappa shape index (κ2) is 4.79. The van der Waals surface area contributed by atoms with E-state index in [-0.39, 0.29) is 6.04 Å². The maximum atomic E-state index is 13.0. The number of imidazole rings is 1. The van der Waals surface area contributed by atoms with E-state index in [0.29, 0.717) is 16.9 Å². The van der Waals surface area contributed by atoms with Crippen LogP contribution in [0, 0.1) is 11.6 Å². The lowest BCUT2D eigenvalue weighted by Crippen LogP contribution is -2.20. The van der Waals surface area contributed by atoms with Gasteiger partial charge in [-0.15, -0.1) is 0 Å². The SMILES string of the molecule is CCCNC(C)c1nc2cc(F)c(F)cc2[nH]1. The van der Waals surface area contributed by atoms with E-state index in [0.717, 1.165) is 25.1 Å². The molecular formula is C12H15F2N3. The highest BCUT2D eigenvalue weighted by Crippen LogP contribution is 2.19. The van der Waals surface area contributed by atoms with Crippen molar-refractivity contribution in [3.8, 4) is 0 Å². The van der Waals surface area contributed by atoms with Crippen LogP contribution in [0.1, 0.15) is 32.1 Å². The van der Waals surface area contributed by atoms with Crippen molar-refractivity contribution in [2.45, 2.75) is 26.3 Å². The number of rotatable bonds is 4. The summed E-state index contributed by atoms with van der Waals surface area (Å²) >= 11 is 0. The first kappa shape index (κ1) is 12.0.